The summed E-state index contributed by atoms with van der Waals surface area (Å²) in [5, 5.41) is 0. The van der Waals surface area contributed by atoms with Crippen molar-refractivity contribution in [3.63, 3.8) is 0 Å². The van der Waals surface area contributed by atoms with Gasteiger partial charge in [0, 0.05) is 19.2 Å². The Morgan fingerprint density at radius 2 is 2.25 bits per heavy atom. The number of hydrogen-bond donors (Lipinski definition) is 0. The molecule has 3 heteroatoms. The molecule has 0 spiro atoms. The molecule has 1 fully saturated rings. The fourth-order valence-electron chi connectivity index (χ4n) is 3.30. The highest BCUT2D eigenvalue weighted by Gasteiger charge is 2.29. The molecule has 0 aromatic carbocycles. The third-order valence-electron chi connectivity index (χ3n) is 4.37. The number of rotatable bonds is 3. The van der Waals surface area contributed by atoms with Crippen LogP contribution < -0.4 is 0 Å². The average Bonchev–Trinajstić information content (AvgIpc) is 3.01. The summed E-state index contributed by atoms with van der Waals surface area (Å²) in [4.78, 5) is 19.1. The monoisotopic (exact) mass is 270 g/mol. The quantitative estimate of drug-likeness (QED) is 0.786. The van der Waals surface area contributed by atoms with Gasteiger partial charge >= 0.3 is 0 Å². The van der Waals surface area contributed by atoms with Crippen LogP contribution >= 0.6 is 0 Å². The lowest BCUT2D eigenvalue weighted by Gasteiger charge is -2.35. The molecule has 0 radical (unpaired) electrons. The first-order valence-electron chi connectivity index (χ1n) is 7.73. The van der Waals surface area contributed by atoms with Gasteiger partial charge in [0.1, 0.15) is 0 Å². The van der Waals surface area contributed by atoms with Crippen LogP contribution in [0.2, 0.25) is 0 Å². The molecule has 3 rings (SSSR count). The van der Waals surface area contributed by atoms with Crippen LogP contribution in [0.15, 0.2) is 36.0 Å². The second kappa shape index (κ2) is 6.21. The van der Waals surface area contributed by atoms with Crippen molar-refractivity contribution in [1.82, 2.24) is 9.88 Å². The van der Waals surface area contributed by atoms with E-state index in [4.69, 9.17) is 0 Å². The maximum atomic E-state index is 12.6. The molecular weight excluding hydrogens is 248 g/mol. The zero-order chi connectivity index (χ0) is 13.8. The normalized spacial score (nSPS) is 22.7. The average molecular weight is 270 g/mol. The third-order valence-corrected chi connectivity index (χ3v) is 4.37. The van der Waals surface area contributed by atoms with E-state index in [1.54, 1.807) is 0 Å². The van der Waals surface area contributed by atoms with Gasteiger partial charge in [-0.25, -0.2) is 0 Å². The van der Waals surface area contributed by atoms with Crippen LogP contribution in [-0.4, -0.2) is 22.3 Å². The number of pyridine rings is 1. The molecule has 20 heavy (non-hydrogen) atoms. The minimum atomic E-state index is 0.180. The highest BCUT2D eigenvalue weighted by Crippen LogP contribution is 2.31. The van der Waals surface area contributed by atoms with E-state index in [0.717, 1.165) is 37.9 Å². The molecule has 106 valence electrons. The standard InChI is InChI=1S/C17H22N2O/c20-17(13-14-7-1-2-8-14)19-12-6-4-10-16(19)15-9-3-5-11-18-15/h3,5,7,9,11,16H,1-2,4,6,8,10,12-13H2. The molecule has 3 nitrogen and oxygen atoms in total. The van der Waals surface area contributed by atoms with E-state index in [-0.39, 0.29) is 11.9 Å². The number of aromatic nitrogens is 1. The first-order chi connectivity index (χ1) is 9.84. The predicted octanol–water partition coefficient (Wildman–Crippen LogP) is 3.64. The SMILES string of the molecule is O=C(CC1=CCCC1)N1CCCCC1c1ccccn1. The first kappa shape index (κ1) is 13.3. The molecule has 1 aliphatic heterocycles. The van der Waals surface area contributed by atoms with Gasteiger partial charge in [0.2, 0.25) is 5.91 Å². The number of likely N-dealkylation sites (tertiary alicyclic amines) is 1. The molecular formula is C17H22N2O. The highest BCUT2D eigenvalue weighted by molar-refractivity contribution is 5.79. The van der Waals surface area contributed by atoms with Crippen LogP contribution in [0.5, 0.6) is 0 Å². The number of nitrogens with zero attached hydrogens (tertiary/aromatic N) is 2. The largest absolute Gasteiger partial charge is 0.334 e. The molecule has 1 aliphatic carbocycles. The summed E-state index contributed by atoms with van der Waals surface area (Å²) >= 11 is 0. The van der Waals surface area contributed by atoms with E-state index >= 15 is 0 Å². The van der Waals surface area contributed by atoms with Crippen LogP contribution in [0.4, 0.5) is 0 Å². The molecule has 1 amide bonds. The topological polar surface area (TPSA) is 33.2 Å². The molecule has 2 heterocycles. The van der Waals surface area contributed by atoms with Gasteiger partial charge in [-0.05, 0) is 50.7 Å². The minimum Gasteiger partial charge on any atom is -0.334 e. The predicted molar refractivity (Wildman–Crippen MR) is 79.1 cm³/mol. The number of carbonyl (C=O) groups is 1. The molecule has 1 aromatic heterocycles. The summed E-state index contributed by atoms with van der Waals surface area (Å²) < 4.78 is 0. The molecule has 2 aliphatic rings. The van der Waals surface area contributed by atoms with E-state index in [0.29, 0.717) is 6.42 Å². The maximum Gasteiger partial charge on any atom is 0.227 e. The van der Waals surface area contributed by atoms with Crippen molar-refractivity contribution in [2.75, 3.05) is 6.54 Å². The van der Waals surface area contributed by atoms with Crippen LogP contribution in [0.25, 0.3) is 0 Å². The van der Waals surface area contributed by atoms with Crippen LogP contribution in [0.3, 0.4) is 0 Å². The van der Waals surface area contributed by atoms with Crippen molar-refractivity contribution in [2.24, 2.45) is 0 Å². The van der Waals surface area contributed by atoms with E-state index in [2.05, 4.69) is 16.0 Å². The molecule has 0 N–H and O–H groups in total. The number of allylic oxidation sites excluding steroid dienone is 1. The van der Waals surface area contributed by atoms with Gasteiger partial charge in [-0.15, -0.1) is 0 Å². The summed E-state index contributed by atoms with van der Waals surface area (Å²) in [7, 11) is 0. The van der Waals surface area contributed by atoms with E-state index in [1.165, 1.54) is 18.4 Å². The van der Waals surface area contributed by atoms with E-state index in [1.807, 2.05) is 24.4 Å². The zero-order valence-corrected chi connectivity index (χ0v) is 11.9. The second-order valence-corrected chi connectivity index (χ2v) is 5.78. The Morgan fingerprint density at radius 1 is 1.30 bits per heavy atom. The number of hydrogen-bond acceptors (Lipinski definition) is 2. The van der Waals surface area contributed by atoms with Gasteiger partial charge in [0.05, 0.1) is 11.7 Å². The lowest BCUT2D eigenvalue weighted by molar-refractivity contribution is -0.134. The Hall–Kier alpha value is -1.64. The summed E-state index contributed by atoms with van der Waals surface area (Å²) in [6.07, 6.45) is 11.5. The molecule has 1 atom stereocenters. The van der Waals surface area contributed by atoms with Crippen LogP contribution in [0.1, 0.15) is 56.7 Å². The maximum absolute atomic E-state index is 12.6. The van der Waals surface area contributed by atoms with Crippen molar-refractivity contribution in [3.05, 3.63) is 41.7 Å². The van der Waals surface area contributed by atoms with Crippen molar-refractivity contribution in [2.45, 2.75) is 51.0 Å². The van der Waals surface area contributed by atoms with Gasteiger partial charge in [0.15, 0.2) is 0 Å². The van der Waals surface area contributed by atoms with E-state index < -0.39 is 0 Å². The Morgan fingerprint density at radius 3 is 3.00 bits per heavy atom. The number of piperidine rings is 1. The van der Waals surface area contributed by atoms with Gasteiger partial charge in [-0.3, -0.25) is 9.78 Å². The van der Waals surface area contributed by atoms with Gasteiger partial charge in [-0.2, -0.15) is 0 Å². The summed E-state index contributed by atoms with van der Waals surface area (Å²) in [5.74, 6) is 0.286. The molecule has 1 saturated heterocycles. The Kier molecular flexibility index (Phi) is 4.14. The Bertz CT molecular complexity index is 495. The summed E-state index contributed by atoms with van der Waals surface area (Å²) in [6.45, 7) is 0.882. The Labute approximate surface area is 120 Å². The van der Waals surface area contributed by atoms with Crippen LogP contribution in [-0.2, 0) is 4.79 Å². The van der Waals surface area contributed by atoms with Crippen LogP contribution in [0, 0.1) is 0 Å². The lowest BCUT2D eigenvalue weighted by atomic mass is 9.97. The highest BCUT2D eigenvalue weighted by atomic mass is 16.2. The number of carbonyl (C=O) groups excluding carboxylic acids is 1. The zero-order valence-electron chi connectivity index (χ0n) is 11.9. The number of amides is 1. The van der Waals surface area contributed by atoms with Gasteiger partial charge in [0.25, 0.3) is 0 Å². The van der Waals surface area contributed by atoms with Gasteiger partial charge < -0.3 is 4.90 Å². The minimum absolute atomic E-state index is 0.180. The molecule has 0 saturated carbocycles. The molecule has 0 bridgehead atoms. The van der Waals surface area contributed by atoms with Gasteiger partial charge in [-0.1, -0.05) is 17.7 Å². The third kappa shape index (κ3) is 2.92. The fourth-order valence-corrected chi connectivity index (χ4v) is 3.30. The molecule has 1 unspecified atom stereocenters. The fraction of sp³-hybridized carbons (Fsp3) is 0.529. The Balaban J connectivity index is 1.73. The van der Waals surface area contributed by atoms with Crippen molar-refractivity contribution in [1.29, 1.82) is 0 Å². The lowest BCUT2D eigenvalue weighted by Crippen LogP contribution is -2.38. The van der Waals surface area contributed by atoms with Crippen molar-refractivity contribution < 1.29 is 4.79 Å². The first-order valence-corrected chi connectivity index (χ1v) is 7.73. The molecule has 1 aromatic rings. The summed E-state index contributed by atoms with van der Waals surface area (Å²) in [6, 6.07) is 6.17. The van der Waals surface area contributed by atoms with E-state index in [9.17, 15) is 4.79 Å². The summed E-state index contributed by atoms with van der Waals surface area (Å²) in [5.41, 5.74) is 2.38. The van der Waals surface area contributed by atoms with Crippen molar-refractivity contribution >= 4 is 5.91 Å². The van der Waals surface area contributed by atoms with Crippen molar-refractivity contribution in [3.8, 4) is 0 Å². The second-order valence-electron chi connectivity index (χ2n) is 5.78. The smallest absolute Gasteiger partial charge is 0.227 e.